The van der Waals surface area contributed by atoms with Gasteiger partial charge in [0.05, 0.1) is 17.6 Å². The van der Waals surface area contributed by atoms with Crippen LogP contribution < -0.4 is 21.2 Å². The third-order valence-corrected chi connectivity index (χ3v) is 9.65. The Bertz CT molecular complexity index is 2010. The minimum absolute atomic E-state index is 0.00252. The van der Waals surface area contributed by atoms with Crippen molar-refractivity contribution in [2.75, 3.05) is 24.2 Å². The second kappa shape index (κ2) is 15.6. The van der Waals surface area contributed by atoms with Gasteiger partial charge in [0.2, 0.25) is 12.0 Å². The number of nitro benzene ring substituents is 1. The van der Waals surface area contributed by atoms with E-state index in [9.17, 15) is 29.0 Å². The van der Waals surface area contributed by atoms with Crippen molar-refractivity contribution in [3.63, 3.8) is 0 Å². The number of rotatable bonds is 14. The van der Waals surface area contributed by atoms with Gasteiger partial charge in [-0.25, -0.2) is 23.2 Å². The number of benzene rings is 3. The number of hydrogen-bond acceptors (Lipinski definition) is 11. The van der Waals surface area contributed by atoms with E-state index < -0.39 is 72.8 Å². The van der Waals surface area contributed by atoms with Crippen molar-refractivity contribution in [1.82, 2.24) is 14.6 Å². The van der Waals surface area contributed by atoms with E-state index in [0.717, 1.165) is 24.4 Å². The van der Waals surface area contributed by atoms with Gasteiger partial charge in [0.25, 0.3) is 0 Å². The van der Waals surface area contributed by atoms with E-state index in [-0.39, 0.29) is 40.3 Å². The molecule has 0 radical (unpaired) electrons. The lowest BCUT2D eigenvalue weighted by Crippen LogP contribution is -2.42. The van der Waals surface area contributed by atoms with E-state index in [1.165, 1.54) is 55.5 Å². The van der Waals surface area contributed by atoms with Gasteiger partial charge in [0.1, 0.15) is 29.3 Å². The van der Waals surface area contributed by atoms with E-state index in [1.807, 2.05) is 0 Å². The molecule has 4 aromatic rings. The summed E-state index contributed by atoms with van der Waals surface area (Å²) in [6.45, 7) is 0.523. The minimum atomic E-state index is -4.40. The maximum atomic E-state index is 15.0. The van der Waals surface area contributed by atoms with Crippen molar-refractivity contribution in [3.05, 3.63) is 111 Å². The van der Waals surface area contributed by atoms with Crippen LogP contribution in [0.1, 0.15) is 24.8 Å². The Kier molecular flexibility index (Phi) is 11.6. The number of alkyl halides is 3. The molecule has 0 spiro atoms. The molecule has 4 N–H and O–H groups in total. The highest BCUT2D eigenvalue weighted by Gasteiger charge is 2.60. The number of hydrogen-bond donors (Lipinski definition) is 3. The molecule has 1 aliphatic heterocycles. The SMILES string of the molecule is CC(OP(=O)(NCCBr)OCC1OC(n2ccc(N)nc2=O)C(F)(F)C1O)c1ccc([N+](=O)[O-])c(Oc2ccc(-c3ccc(F)cc3)c(F)c2)c1. The Morgan fingerprint density at radius 1 is 1.18 bits per heavy atom. The van der Waals surface area contributed by atoms with Crippen LogP contribution in [0.5, 0.6) is 11.5 Å². The molecule has 1 aliphatic rings. The van der Waals surface area contributed by atoms with Crippen LogP contribution in [0.15, 0.2) is 77.7 Å². The first-order chi connectivity index (χ1) is 24.1. The molecule has 272 valence electrons. The zero-order chi connectivity index (χ0) is 37.1. The lowest BCUT2D eigenvalue weighted by Gasteiger charge is -2.25. The molecular formula is C31H29BrF4N5O9P. The van der Waals surface area contributed by atoms with Crippen molar-refractivity contribution in [2.24, 2.45) is 0 Å². The highest BCUT2D eigenvalue weighted by molar-refractivity contribution is 9.09. The first-order valence-electron chi connectivity index (χ1n) is 14.9. The zero-order valence-electron chi connectivity index (χ0n) is 26.3. The molecule has 0 saturated carbocycles. The summed E-state index contributed by atoms with van der Waals surface area (Å²) in [5.74, 6) is -5.91. The first kappa shape index (κ1) is 38.0. The van der Waals surface area contributed by atoms with Gasteiger partial charge in [0, 0.05) is 35.8 Å². The van der Waals surface area contributed by atoms with Gasteiger partial charge in [-0.3, -0.25) is 23.7 Å². The number of nitro groups is 1. The fourth-order valence-electron chi connectivity index (χ4n) is 5.01. The standard InChI is InChI=1S/C31H29BrF4N5O9P/c1-17(19-4-9-24(41(44)45)25(14-19)48-21-7-8-22(23(34)15-21)18-2-5-20(33)6-3-18)50-51(46,38-12-11-32)47-16-26-28(42)31(35,36)29(49-26)40-13-10-27(37)39-30(40)43/h2-10,13-15,17,26,28-29,42H,11-12,16H2,1H3,(H,38,46)(H2,37,39,43). The monoisotopic (exact) mass is 801 g/mol. The molecule has 3 aromatic carbocycles. The van der Waals surface area contributed by atoms with Crippen LogP contribution in [0.4, 0.5) is 29.1 Å². The van der Waals surface area contributed by atoms with Gasteiger partial charge in [-0.2, -0.15) is 13.8 Å². The van der Waals surface area contributed by atoms with Crippen molar-refractivity contribution in [2.45, 2.75) is 37.4 Å². The molecule has 5 unspecified atom stereocenters. The van der Waals surface area contributed by atoms with Crippen LogP contribution in [0.3, 0.4) is 0 Å². The summed E-state index contributed by atoms with van der Waals surface area (Å²) in [5, 5.41) is 25.0. The highest BCUT2D eigenvalue weighted by Crippen LogP contribution is 2.50. The lowest BCUT2D eigenvalue weighted by molar-refractivity contribution is -0.385. The molecule has 5 atom stereocenters. The van der Waals surface area contributed by atoms with Crippen molar-refractivity contribution in [3.8, 4) is 22.6 Å². The predicted molar refractivity (Wildman–Crippen MR) is 178 cm³/mol. The summed E-state index contributed by atoms with van der Waals surface area (Å²) in [6.07, 6.45) is -6.81. The Hall–Kier alpha value is -4.23. The van der Waals surface area contributed by atoms with Crippen LogP contribution >= 0.6 is 23.7 Å². The van der Waals surface area contributed by atoms with Crippen LogP contribution in [-0.2, 0) is 18.3 Å². The van der Waals surface area contributed by atoms with E-state index in [2.05, 4.69) is 26.0 Å². The molecule has 51 heavy (non-hydrogen) atoms. The molecular weight excluding hydrogens is 773 g/mol. The van der Waals surface area contributed by atoms with Gasteiger partial charge >= 0.3 is 25.0 Å². The van der Waals surface area contributed by atoms with Gasteiger partial charge in [0.15, 0.2) is 6.10 Å². The second-order valence-corrected chi connectivity index (χ2v) is 13.6. The normalized spacial score (nSPS) is 20.1. The number of aromatic nitrogens is 2. The van der Waals surface area contributed by atoms with Crippen molar-refractivity contribution >= 4 is 35.2 Å². The van der Waals surface area contributed by atoms with E-state index in [1.54, 1.807) is 0 Å². The molecule has 0 amide bonds. The molecule has 5 rings (SSSR count). The molecule has 0 bridgehead atoms. The summed E-state index contributed by atoms with van der Waals surface area (Å²) in [5.41, 5.74) is 4.47. The quantitative estimate of drug-likeness (QED) is 0.0428. The first-order valence-corrected chi connectivity index (χ1v) is 17.6. The Morgan fingerprint density at radius 3 is 2.55 bits per heavy atom. The summed E-state index contributed by atoms with van der Waals surface area (Å²) in [7, 11) is -4.40. The maximum Gasteiger partial charge on any atom is 0.406 e. The van der Waals surface area contributed by atoms with Gasteiger partial charge in [-0.05, 0) is 60.5 Å². The Balaban J connectivity index is 1.33. The van der Waals surface area contributed by atoms with Gasteiger partial charge in [-0.1, -0.05) is 28.1 Å². The summed E-state index contributed by atoms with van der Waals surface area (Å²) >= 11 is 3.16. The molecule has 1 fully saturated rings. The minimum Gasteiger partial charge on any atom is -0.450 e. The predicted octanol–water partition coefficient (Wildman–Crippen LogP) is 6.25. The smallest absolute Gasteiger partial charge is 0.406 e. The van der Waals surface area contributed by atoms with E-state index in [0.29, 0.717) is 10.1 Å². The molecule has 1 saturated heterocycles. The number of nitrogens with one attached hydrogen (secondary N) is 1. The van der Waals surface area contributed by atoms with Crippen molar-refractivity contribution < 1.29 is 50.7 Å². The lowest BCUT2D eigenvalue weighted by atomic mass is 10.0. The number of nitrogens with two attached hydrogens (primary N) is 1. The summed E-state index contributed by atoms with van der Waals surface area (Å²) in [4.78, 5) is 26.6. The molecule has 0 aliphatic carbocycles. The second-order valence-electron chi connectivity index (χ2n) is 11.1. The fourth-order valence-corrected chi connectivity index (χ4v) is 7.01. The number of aliphatic hydroxyl groups is 1. The third kappa shape index (κ3) is 8.64. The Labute approximate surface area is 295 Å². The average molecular weight is 802 g/mol. The maximum absolute atomic E-state index is 15.0. The number of nitrogen functional groups attached to an aromatic ring is 1. The van der Waals surface area contributed by atoms with E-state index >= 15 is 13.2 Å². The Morgan fingerprint density at radius 2 is 1.90 bits per heavy atom. The molecule has 2 heterocycles. The van der Waals surface area contributed by atoms with Crippen LogP contribution in [0, 0.1) is 21.7 Å². The number of anilines is 1. The average Bonchev–Trinajstić information content (AvgIpc) is 3.30. The largest absolute Gasteiger partial charge is 0.450 e. The van der Waals surface area contributed by atoms with Crippen molar-refractivity contribution in [1.29, 1.82) is 0 Å². The third-order valence-electron chi connectivity index (χ3n) is 7.56. The number of nitrogens with zero attached hydrogens (tertiary/aromatic N) is 3. The molecule has 1 aromatic heterocycles. The van der Waals surface area contributed by atoms with E-state index in [4.69, 9.17) is 24.3 Å². The van der Waals surface area contributed by atoms with Crippen LogP contribution in [0.2, 0.25) is 0 Å². The summed E-state index contributed by atoms with van der Waals surface area (Å²) < 4.78 is 94.7. The molecule has 14 nitrogen and oxygen atoms in total. The molecule has 20 heteroatoms. The highest BCUT2D eigenvalue weighted by atomic mass is 79.9. The van der Waals surface area contributed by atoms with Crippen LogP contribution in [-0.4, -0.2) is 56.2 Å². The fraction of sp³-hybridized carbons (Fsp3) is 0.290. The zero-order valence-corrected chi connectivity index (χ0v) is 28.8. The topological polar surface area (TPSA) is 190 Å². The summed E-state index contributed by atoms with van der Waals surface area (Å²) in [6, 6.07) is 13.5. The van der Waals surface area contributed by atoms with Gasteiger partial charge < -0.3 is 20.3 Å². The number of aliphatic hydroxyl groups excluding tert-OH is 1. The number of halogens is 5. The number of ether oxygens (including phenoxy) is 2. The van der Waals surface area contributed by atoms with Crippen LogP contribution in [0.25, 0.3) is 11.1 Å². The van der Waals surface area contributed by atoms with Gasteiger partial charge in [-0.15, -0.1) is 0 Å².